The van der Waals surface area contributed by atoms with E-state index in [0.29, 0.717) is 0 Å². The van der Waals surface area contributed by atoms with Crippen molar-refractivity contribution in [3.05, 3.63) is 227 Å². The van der Waals surface area contributed by atoms with Gasteiger partial charge in [-0.05, 0) is 79.2 Å². The molecule has 3 aliphatic heterocycles. The van der Waals surface area contributed by atoms with Gasteiger partial charge in [-0.3, -0.25) is 0 Å². The summed E-state index contributed by atoms with van der Waals surface area (Å²) in [4.78, 5) is 6.71. The molecule has 3 heterocycles. The molecule has 1 spiro atoms. The van der Waals surface area contributed by atoms with Crippen LogP contribution < -0.4 is 9.64 Å². The van der Waals surface area contributed by atoms with Gasteiger partial charge in [-0.15, -0.1) is 0 Å². The molecule has 252 valence electrons. The summed E-state index contributed by atoms with van der Waals surface area (Å²) in [6.45, 7) is 0. The zero-order valence-electron chi connectivity index (χ0n) is 29.3. The van der Waals surface area contributed by atoms with Crippen LogP contribution in [0.3, 0.4) is 0 Å². The van der Waals surface area contributed by atoms with E-state index < -0.39 is 5.41 Å². The van der Waals surface area contributed by atoms with Crippen molar-refractivity contribution in [1.29, 1.82) is 0 Å². The maximum atomic E-state index is 6.74. The maximum Gasteiger partial charge on any atom is 0.241 e. The smallest absolute Gasteiger partial charge is 0.241 e. The van der Waals surface area contributed by atoms with E-state index in [9.17, 15) is 0 Å². The van der Waals surface area contributed by atoms with Crippen molar-refractivity contribution in [1.82, 2.24) is 0 Å². The predicted molar refractivity (Wildman–Crippen MR) is 219 cm³/mol. The van der Waals surface area contributed by atoms with Gasteiger partial charge in [0, 0.05) is 22.3 Å². The van der Waals surface area contributed by atoms with E-state index >= 15 is 0 Å². The molecule has 54 heavy (non-hydrogen) atoms. The fraction of sp³-hybridized carbons (Fsp3) is 0.0392. The second kappa shape index (κ2) is 11.1. The lowest BCUT2D eigenvalue weighted by Gasteiger charge is -2.40. The summed E-state index contributed by atoms with van der Waals surface area (Å²) in [5.41, 5.74) is 12.9. The second-order valence-corrected chi connectivity index (χ2v) is 14.7. The Morgan fingerprint density at radius 1 is 0.519 bits per heavy atom. The molecule has 2 atom stereocenters. The first-order valence-electron chi connectivity index (χ1n) is 18.7. The average Bonchev–Trinajstić information content (AvgIpc) is 3.53. The highest BCUT2D eigenvalue weighted by Crippen LogP contribution is 2.65. The molecule has 4 aliphatic rings. The molecule has 0 saturated carbocycles. The number of ether oxygens (including phenoxy) is 1. The van der Waals surface area contributed by atoms with Gasteiger partial charge in [-0.2, -0.15) is 4.99 Å². The number of hydrogen-bond donors (Lipinski definition) is 1. The third-order valence-electron chi connectivity index (χ3n) is 12.0. The van der Waals surface area contributed by atoms with Gasteiger partial charge in [-0.25, -0.2) is 4.90 Å². The van der Waals surface area contributed by atoms with E-state index in [1.165, 1.54) is 87.7 Å². The Kier molecular flexibility index (Phi) is 6.11. The summed E-state index contributed by atoms with van der Waals surface area (Å²) < 4.78 is 6.74. The first-order chi connectivity index (χ1) is 26.8. The van der Waals surface area contributed by atoms with Crippen molar-refractivity contribution >= 4 is 38.5 Å². The first kappa shape index (κ1) is 29.7. The normalized spacial score (nSPS) is 18.3. The van der Waals surface area contributed by atoms with Crippen LogP contribution in [0.1, 0.15) is 45.1 Å². The molecule has 0 fully saturated rings. The molecule has 0 saturated heterocycles. The number of amidine groups is 1. The van der Waals surface area contributed by atoms with Gasteiger partial charge in [0.05, 0.1) is 11.0 Å². The molecule has 0 bridgehead atoms. The SMILES string of the molecule is C1=C(c2ccccc2)C=C(c2ccccc2)C2=NC(c3ccc4c(c3)C3(c5ccccc5Oc5ccccc53)c3c-4c4ccccc4c4ccccc34)[NH+]12. The zero-order chi connectivity index (χ0) is 35.4. The molecular weight excluding hydrogens is 657 g/mol. The largest absolute Gasteiger partial charge is 0.457 e. The van der Waals surface area contributed by atoms with Gasteiger partial charge in [0.15, 0.2) is 0 Å². The molecule has 0 radical (unpaired) electrons. The number of nitrogens with one attached hydrogen (secondary N) is 1. The Morgan fingerprint density at radius 2 is 1.09 bits per heavy atom. The molecular formula is C51H33N2O+. The van der Waals surface area contributed by atoms with Gasteiger partial charge in [0.2, 0.25) is 12.0 Å². The van der Waals surface area contributed by atoms with Crippen molar-refractivity contribution in [2.24, 2.45) is 4.99 Å². The van der Waals surface area contributed by atoms with E-state index in [-0.39, 0.29) is 6.17 Å². The third-order valence-corrected chi connectivity index (χ3v) is 12.0. The lowest BCUT2D eigenvalue weighted by molar-refractivity contribution is -0.805. The minimum atomic E-state index is -0.608. The first-order valence-corrected chi connectivity index (χ1v) is 18.7. The number of allylic oxidation sites excluding steroid dienone is 2. The van der Waals surface area contributed by atoms with Crippen LogP contribution in [0.25, 0.3) is 43.8 Å². The van der Waals surface area contributed by atoms with Gasteiger partial charge < -0.3 is 4.74 Å². The third kappa shape index (κ3) is 3.91. The maximum absolute atomic E-state index is 6.74. The minimum absolute atomic E-state index is 0.0870. The molecule has 1 N–H and O–H groups in total. The summed E-state index contributed by atoms with van der Waals surface area (Å²) >= 11 is 0. The minimum Gasteiger partial charge on any atom is -0.457 e. The summed E-state index contributed by atoms with van der Waals surface area (Å²) in [6.07, 6.45) is 4.59. The van der Waals surface area contributed by atoms with Crippen molar-refractivity contribution in [2.75, 3.05) is 0 Å². The molecule has 12 rings (SSSR count). The van der Waals surface area contributed by atoms with Crippen molar-refractivity contribution in [3.63, 3.8) is 0 Å². The molecule has 2 unspecified atom stereocenters. The van der Waals surface area contributed by atoms with E-state index in [1.807, 2.05) is 0 Å². The highest BCUT2D eigenvalue weighted by Gasteiger charge is 2.53. The van der Waals surface area contributed by atoms with Crippen molar-refractivity contribution < 1.29 is 9.64 Å². The van der Waals surface area contributed by atoms with Gasteiger partial charge in [0.25, 0.3) is 0 Å². The number of fused-ring (bicyclic) bond motifs is 15. The number of benzene rings is 8. The second-order valence-electron chi connectivity index (χ2n) is 14.7. The Hall–Kier alpha value is -6.81. The number of nitrogens with zero attached hydrogens (tertiary/aromatic N) is 1. The molecule has 8 aromatic carbocycles. The molecule has 0 aromatic heterocycles. The topological polar surface area (TPSA) is 26.0 Å². The Morgan fingerprint density at radius 3 is 1.80 bits per heavy atom. The van der Waals surface area contributed by atoms with Crippen LogP contribution in [0.15, 0.2) is 193 Å². The van der Waals surface area contributed by atoms with Gasteiger partial charge >= 0.3 is 0 Å². The fourth-order valence-electron chi connectivity index (χ4n) is 9.79. The summed E-state index contributed by atoms with van der Waals surface area (Å²) in [5, 5.41) is 5.09. The Balaban J connectivity index is 1.14. The average molecular weight is 690 g/mol. The predicted octanol–water partition coefficient (Wildman–Crippen LogP) is 10.9. The number of aliphatic imine (C=N–C) groups is 1. The van der Waals surface area contributed by atoms with Crippen LogP contribution >= 0.6 is 0 Å². The van der Waals surface area contributed by atoms with E-state index in [1.54, 1.807) is 0 Å². The van der Waals surface area contributed by atoms with Crippen LogP contribution in [0, 0.1) is 0 Å². The summed E-state index contributed by atoms with van der Waals surface area (Å²) in [5.74, 6) is 2.88. The highest BCUT2D eigenvalue weighted by molar-refractivity contribution is 6.23. The van der Waals surface area contributed by atoms with Crippen molar-refractivity contribution in [2.45, 2.75) is 11.6 Å². The van der Waals surface area contributed by atoms with Crippen LogP contribution in [-0.4, -0.2) is 5.84 Å². The number of hydrogen-bond acceptors (Lipinski definition) is 2. The fourth-order valence-corrected chi connectivity index (χ4v) is 9.79. The van der Waals surface area contributed by atoms with Gasteiger partial charge in [-0.1, -0.05) is 158 Å². The van der Waals surface area contributed by atoms with Crippen molar-refractivity contribution in [3.8, 4) is 22.6 Å². The number of quaternary nitrogens is 1. The quantitative estimate of drug-likeness (QED) is 0.184. The molecule has 3 nitrogen and oxygen atoms in total. The van der Waals surface area contributed by atoms with Crippen LogP contribution in [0.2, 0.25) is 0 Å². The van der Waals surface area contributed by atoms with E-state index in [0.717, 1.165) is 17.3 Å². The van der Waals surface area contributed by atoms with E-state index in [4.69, 9.17) is 9.73 Å². The van der Waals surface area contributed by atoms with Crippen LogP contribution in [0.4, 0.5) is 0 Å². The summed E-state index contributed by atoms with van der Waals surface area (Å²) in [6, 6.07) is 63.8. The van der Waals surface area contributed by atoms with Crippen LogP contribution in [-0.2, 0) is 5.41 Å². The monoisotopic (exact) mass is 689 g/mol. The van der Waals surface area contributed by atoms with E-state index in [2.05, 4.69) is 188 Å². The Bertz CT molecular complexity index is 2930. The Labute approximate surface area is 313 Å². The zero-order valence-corrected chi connectivity index (χ0v) is 29.3. The molecule has 8 aromatic rings. The van der Waals surface area contributed by atoms with Crippen LogP contribution in [0.5, 0.6) is 11.5 Å². The number of para-hydroxylation sites is 2. The lowest BCUT2D eigenvalue weighted by atomic mass is 9.65. The van der Waals surface area contributed by atoms with Gasteiger partial charge in [0.1, 0.15) is 17.7 Å². The lowest BCUT2D eigenvalue weighted by Crippen LogP contribution is -3.15. The highest BCUT2D eigenvalue weighted by atomic mass is 16.5. The molecule has 3 heteroatoms. The molecule has 0 amide bonds. The standard InChI is InChI=1S/C51H32N2O/c1-3-15-32(16-4-1)35-29-41(33-17-5-2-6-18-33)50-52-49(53(50)31-35)34-27-28-40-44(30-34)51(42-23-11-13-25-45(42)54-46-26-14-12-24-43(46)51)48-39-22-10-8-20-37(39)36-19-7-9-21-38(36)47(40)48/h1-31,49H/p+1. The number of rotatable bonds is 3. The summed E-state index contributed by atoms with van der Waals surface area (Å²) in [7, 11) is 0. The molecule has 1 aliphatic carbocycles.